The molecule has 1 unspecified atom stereocenters. The van der Waals surface area contributed by atoms with Gasteiger partial charge in [-0.1, -0.05) is 0 Å². The maximum Gasteiger partial charge on any atom is 0.184 e. The van der Waals surface area contributed by atoms with Crippen LogP contribution >= 0.6 is 0 Å². The maximum atomic E-state index is 9.38. The molecule has 1 saturated heterocycles. The normalized spacial score (nSPS) is 46.4. The highest BCUT2D eigenvalue weighted by molar-refractivity contribution is 4.88. The van der Waals surface area contributed by atoms with Gasteiger partial charge in [0.2, 0.25) is 0 Å². The van der Waals surface area contributed by atoms with Crippen molar-refractivity contribution >= 4 is 0 Å². The maximum absolute atomic E-state index is 9.38. The van der Waals surface area contributed by atoms with E-state index >= 15 is 0 Å². The monoisotopic (exact) mass is 194 g/mol. The third kappa shape index (κ3) is 1.98. The Morgan fingerprint density at radius 3 is 2.31 bits per heavy atom. The van der Waals surface area contributed by atoms with Crippen LogP contribution < -0.4 is 0 Å². The third-order valence-electron chi connectivity index (χ3n) is 2.11. The first-order chi connectivity index (χ1) is 6.11. The average molecular weight is 194 g/mol. The number of rotatable bonds is 2. The third-order valence-corrected chi connectivity index (χ3v) is 2.11. The molecule has 0 aromatic heterocycles. The Morgan fingerprint density at radius 2 is 1.85 bits per heavy atom. The van der Waals surface area contributed by atoms with Crippen molar-refractivity contribution in [2.75, 3.05) is 13.7 Å². The quantitative estimate of drug-likeness (QED) is 0.386. The number of methoxy groups -OCH3 is 1. The van der Waals surface area contributed by atoms with E-state index in [2.05, 4.69) is 0 Å². The van der Waals surface area contributed by atoms with E-state index in [1.807, 2.05) is 0 Å². The molecule has 1 heterocycles. The van der Waals surface area contributed by atoms with E-state index in [4.69, 9.17) is 14.6 Å². The van der Waals surface area contributed by atoms with Crippen LogP contribution in [0.15, 0.2) is 0 Å². The van der Waals surface area contributed by atoms with Gasteiger partial charge in [0.15, 0.2) is 6.29 Å². The zero-order valence-corrected chi connectivity index (χ0v) is 7.20. The molecule has 0 radical (unpaired) electrons. The van der Waals surface area contributed by atoms with Crippen molar-refractivity contribution in [3.8, 4) is 0 Å². The molecule has 0 bridgehead atoms. The second-order valence-electron chi connectivity index (χ2n) is 2.93. The fourth-order valence-electron chi connectivity index (χ4n) is 1.33. The van der Waals surface area contributed by atoms with Gasteiger partial charge in [-0.05, 0) is 0 Å². The second-order valence-corrected chi connectivity index (χ2v) is 2.93. The first-order valence-electron chi connectivity index (χ1n) is 3.95. The largest absolute Gasteiger partial charge is 0.394 e. The zero-order chi connectivity index (χ0) is 10.0. The van der Waals surface area contributed by atoms with Crippen molar-refractivity contribution in [1.82, 2.24) is 0 Å². The van der Waals surface area contributed by atoms with Gasteiger partial charge >= 0.3 is 0 Å². The Bertz CT molecular complexity index is 163. The predicted molar refractivity (Wildman–Crippen MR) is 40.8 cm³/mol. The van der Waals surface area contributed by atoms with Gasteiger partial charge in [0.1, 0.15) is 24.4 Å². The van der Waals surface area contributed by atoms with Crippen LogP contribution in [-0.4, -0.2) is 64.8 Å². The molecule has 6 heteroatoms. The van der Waals surface area contributed by atoms with Crippen LogP contribution in [0.5, 0.6) is 0 Å². The lowest BCUT2D eigenvalue weighted by Gasteiger charge is -2.39. The Balaban J connectivity index is 2.66. The lowest BCUT2D eigenvalue weighted by atomic mass is 9.99. The summed E-state index contributed by atoms with van der Waals surface area (Å²) in [6, 6.07) is 0. The summed E-state index contributed by atoms with van der Waals surface area (Å²) in [5.74, 6) is 0. The molecule has 1 fully saturated rings. The Kier molecular flexibility index (Phi) is 3.60. The van der Waals surface area contributed by atoms with Crippen molar-refractivity contribution < 1.29 is 29.9 Å². The van der Waals surface area contributed by atoms with Crippen molar-refractivity contribution in [2.45, 2.75) is 30.7 Å². The fraction of sp³-hybridized carbons (Fsp3) is 1.00. The summed E-state index contributed by atoms with van der Waals surface area (Å²) in [4.78, 5) is 0. The van der Waals surface area contributed by atoms with Crippen molar-refractivity contribution in [1.29, 1.82) is 0 Å². The summed E-state index contributed by atoms with van der Waals surface area (Å²) in [6.07, 6.45) is -5.81. The molecule has 6 nitrogen and oxygen atoms in total. The van der Waals surface area contributed by atoms with E-state index < -0.39 is 37.3 Å². The summed E-state index contributed by atoms with van der Waals surface area (Å²) in [6.45, 7) is -0.467. The minimum atomic E-state index is -1.33. The molecule has 1 aliphatic heterocycles. The van der Waals surface area contributed by atoms with Gasteiger partial charge in [0.25, 0.3) is 0 Å². The predicted octanol–water partition coefficient (Wildman–Crippen LogP) is -2.57. The average Bonchev–Trinajstić information content (AvgIpc) is 2.12. The molecule has 0 aliphatic carbocycles. The zero-order valence-electron chi connectivity index (χ0n) is 7.20. The van der Waals surface area contributed by atoms with Gasteiger partial charge in [-0.3, -0.25) is 0 Å². The summed E-state index contributed by atoms with van der Waals surface area (Å²) in [5.41, 5.74) is 0. The molecular formula is C7H14O6. The van der Waals surface area contributed by atoms with E-state index in [-0.39, 0.29) is 0 Å². The van der Waals surface area contributed by atoms with Crippen LogP contribution in [0.3, 0.4) is 0 Å². The van der Waals surface area contributed by atoms with Gasteiger partial charge in [-0.15, -0.1) is 0 Å². The summed E-state index contributed by atoms with van der Waals surface area (Å²) < 4.78 is 9.50. The number of aliphatic hydroxyl groups excluding tert-OH is 4. The minimum Gasteiger partial charge on any atom is -0.394 e. The summed E-state index contributed by atoms with van der Waals surface area (Å²) >= 11 is 0. The van der Waals surface area contributed by atoms with Gasteiger partial charge in [-0.25, -0.2) is 0 Å². The lowest BCUT2D eigenvalue weighted by molar-refractivity contribution is -0.291. The molecule has 4 N–H and O–H groups in total. The molecular weight excluding hydrogens is 180 g/mol. The molecule has 0 amide bonds. The Morgan fingerprint density at radius 1 is 1.23 bits per heavy atom. The van der Waals surface area contributed by atoms with Crippen LogP contribution in [0.4, 0.5) is 0 Å². The number of hydrogen-bond acceptors (Lipinski definition) is 6. The van der Waals surface area contributed by atoms with E-state index in [1.54, 1.807) is 0 Å². The smallest absolute Gasteiger partial charge is 0.184 e. The highest BCUT2D eigenvalue weighted by atomic mass is 16.7. The highest BCUT2D eigenvalue weighted by Gasteiger charge is 2.43. The van der Waals surface area contributed by atoms with E-state index in [0.29, 0.717) is 0 Å². The molecule has 1 rings (SSSR count). The number of ether oxygens (including phenoxy) is 2. The van der Waals surface area contributed by atoms with Crippen molar-refractivity contribution in [2.24, 2.45) is 0 Å². The van der Waals surface area contributed by atoms with Gasteiger partial charge in [0.05, 0.1) is 6.61 Å². The minimum absolute atomic E-state index is 0.467. The highest BCUT2D eigenvalue weighted by Crippen LogP contribution is 2.21. The Labute approximate surface area is 75.3 Å². The van der Waals surface area contributed by atoms with Crippen molar-refractivity contribution in [3.63, 3.8) is 0 Å². The molecule has 0 spiro atoms. The van der Waals surface area contributed by atoms with E-state index in [1.165, 1.54) is 7.11 Å². The molecule has 0 aromatic rings. The second kappa shape index (κ2) is 4.32. The van der Waals surface area contributed by atoms with Crippen LogP contribution in [-0.2, 0) is 9.47 Å². The summed E-state index contributed by atoms with van der Waals surface area (Å²) in [7, 11) is 1.28. The van der Waals surface area contributed by atoms with Gasteiger partial charge in [0, 0.05) is 7.11 Å². The lowest BCUT2D eigenvalue weighted by Crippen LogP contribution is -2.59. The molecule has 1 aliphatic rings. The van der Waals surface area contributed by atoms with Crippen LogP contribution in [0.1, 0.15) is 0 Å². The number of aliphatic hydroxyl groups is 4. The van der Waals surface area contributed by atoms with Crippen LogP contribution in [0, 0.1) is 0 Å². The molecule has 0 aromatic carbocycles. The molecule has 5 atom stereocenters. The summed E-state index contributed by atoms with van der Waals surface area (Å²) in [5, 5.41) is 36.7. The van der Waals surface area contributed by atoms with Gasteiger partial charge in [-0.2, -0.15) is 0 Å². The van der Waals surface area contributed by atoms with Crippen LogP contribution in [0.2, 0.25) is 0 Å². The first kappa shape index (κ1) is 10.8. The van der Waals surface area contributed by atoms with Crippen LogP contribution in [0.25, 0.3) is 0 Å². The first-order valence-corrected chi connectivity index (χ1v) is 3.95. The molecule has 0 saturated carbocycles. The number of hydrogen-bond donors (Lipinski definition) is 4. The van der Waals surface area contributed by atoms with E-state index in [0.717, 1.165) is 0 Å². The van der Waals surface area contributed by atoms with Gasteiger partial charge < -0.3 is 29.9 Å². The molecule has 78 valence electrons. The fourth-order valence-corrected chi connectivity index (χ4v) is 1.33. The topological polar surface area (TPSA) is 99.4 Å². The van der Waals surface area contributed by atoms with E-state index in [9.17, 15) is 15.3 Å². The SMILES string of the molecule is CO[C@H]1[C@@H](O)[C@@H](O)C(CO)O[C@H]1O. The van der Waals surface area contributed by atoms with Crippen molar-refractivity contribution in [3.05, 3.63) is 0 Å². The Hall–Kier alpha value is -0.240. The standard InChI is InChI=1S/C7H14O6/c1-12-6-5(10)4(9)3(2-8)13-7(6)11/h3-11H,2H2,1H3/t3?,4-,5-,6-,7+/m0/s1. The molecule has 13 heavy (non-hydrogen) atoms.